The van der Waals surface area contributed by atoms with Gasteiger partial charge in [-0.15, -0.1) is 0 Å². The Balaban J connectivity index is 1.33. The van der Waals surface area contributed by atoms with Crippen LogP contribution < -0.4 is 0 Å². The highest BCUT2D eigenvalue weighted by Crippen LogP contribution is 2.48. The van der Waals surface area contributed by atoms with Crippen LogP contribution >= 0.6 is 0 Å². The first kappa shape index (κ1) is 28.5. The molecule has 0 fully saturated rings. The fourth-order valence-electron chi connectivity index (χ4n) is 8.33. The molecule has 0 heterocycles. The highest BCUT2D eigenvalue weighted by Gasteiger charge is 2.21. The molecule has 0 nitrogen and oxygen atoms in total. The van der Waals surface area contributed by atoms with Gasteiger partial charge in [0.05, 0.1) is 0 Å². The van der Waals surface area contributed by atoms with Crippen LogP contribution in [0.4, 0.5) is 0 Å². The Hall–Kier alpha value is -6.50. The number of rotatable bonds is 4. The van der Waals surface area contributed by atoms with Crippen molar-refractivity contribution in [3.63, 3.8) is 0 Å². The summed E-state index contributed by atoms with van der Waals surface area (Å²) in [6, 6.07) is 71.2. The van der Waals surface area contributed by atoms with Crippen LogP contribution in [0.15, 0.2) is 194 Å². The molecule has 0 bridgehead atoms. The maximum atomic E-state index is 2.45. The van der Waals surface area contributed by atoms with Crippen molar-refractivity contribution in [1.29, 1.82) is 0 Å². The SMILES string of the molecule is c1ccc(-c2c(-c3ccccc3)c3ccc(-c4c5ccccc5c(-c5cccc6ccccc56)c5ccccc45)cc3c3ccccc23)cc1. The molecule has 50 heavy (non-hydrogen) atoms. The Morgan fingerprint density at radius 2 is 0.620 bits per heavy atom. The number of hydrogen-bond donors (Lipinski definition) is 0. The Labute approximate surface area is 291 Å². The van der Waals surface area contributed by atoms with Crippen molar-refractivity contribution in [3.8, 4) is 44.5 Å². The molecular weight excluding hydrogens is 601 g/mol. The standard InChI is InChI=1S/C50H32/c1-3-17-34(18-4-1)48-40-24-10-9-23-38(40)46-32-36(30-31-45(46)49(48)35-19-5-2-6-20-35)47-41-25-11-13-27-43(41)50(44-28-14-12-26-42(44)47)39-29-15-21-33-16-7-8-22-37(33)39/h1-32H. The number of benzene rings is 10. The molecule has 0 spiro atoms. The van der Waals surface area contributed by atoms with Gasteiger partial charge in [-0.2, -0.15) is 0 Å². The monoisotopic (exact) mass is 632 g/mol. The minimum Gasteiger partial charge on any atom is -0.0622 e. The average molecular weight is 633 g/mol. The Kier molecular flexibility index (Phi) is 6.60. The van der Waals surface area contributed by atoms with Crippen molar-refractivity contribution < 1.29 is 0 Å². The fraction of sp³-hybridized carbons (Fsp3) is 0. The largest absolute Gasteiger partial charge is 0.0622 e. The van der Waals surface area contributed by atoms with Gasteiger partial charge in [0.25, 0.3) is 0 Å². The van der Waals surface area contributed by atoms with Crippen molar-refractivity contribution in [2.75, 3.05) is 0 Å². The van der Waals surface area contributed by atoms with Gasteiger partial charge in [-0.05, 0) is 104 Å². The van der Waals surface area contributed by atoms with Crippen LogP contribution in [0.3, 0.4) is 0 Å². The maximum absolute atomic E-state index is 2.45. The Bertz CT molecular complexity index is 2840. The minimum atomic E-state index is 1.23. The first-order chi connectivity index (χ1) is 24.8. The second-order valence-corrected chi connectivity index (χ2v) is 13.2. The van der Waals surface area contributed by atoms with Crippen molar-refractivity contribution >= 4 is 53.9 Å². The summed E-state index contributed by atoms with van der Waals surface area (Å²) >= 11 is 0. The van der Waals surface area contributed by atoms with Gasteiger partial charge >= 0.3 is 0 Å². The van der Waals surface area contributed by atoms with Gasteiger partial charge < -0.3 is 0 Å². The average Bonchev–Trinajstić information content (AvgIpc) is 3.19. The molecule has 0 saturated heterocycles. The third-order valence-corrected chi connectivity index (χ3v) is 10.4. The molecule has 0 saturated carbocycles. The first-order valence-electron chi connectivity index (χ1n) is 17.4. The molecule has 10 aromatic carbocycles. The van der Waals surface area contributed by atoms with Gasteiger partial charge in [0.1, 0.15) is 0 Å². The lowest BCUT2D eigenvalue weighted by atomic mass is 9.82. The van der Waals surface area contributed by atoms with Crippen LogP contribution in [0.2, 0.25) is 0 Å². The lowest BCUT2D eigenvalue weighted by molar-refractivity contribution is 1.62. The van der Waals surface area contributed by atoms with E-state index >= 15 is 0 Å². The molecule has 0 aromatic heterocycles. The van der Waals surface area contributed by atoms with Crippen LogP contribution in [0, 0.1) is 0 Å². The summed E-state index contributed by atoms with van der Waals surface area (Å²) in [5, 5.41) is 12.7. The molecule has 0 heteroatoms. The van der Waals surface area contributed by atoms with Crippen LogP contribution in [0.5, 0.6) is 0 Å². The van der Waals surface area contributed by atoms with Crippen molar-refractivity contribution in [3.05, 3.63) is 194 Å². The van der Waals surface area contributed by atoms with Crippen LogP contribution in [0.25, 0.3) is 98.4 Å². The summed E-state index contributed by atoms with van der Waals surface area (Å²) in [6.07, 6.45) is 0. The number of hydrogen-bond acceptors (Lipinski definition) is 0. The summed E-state index contributed by atoms with van der Waals surface area (Å²) < 4.78 is 0. The first-order valence-corrected chi connectivity index (χ1v) is 17.4. The van der Waals surface area contributed by atoms with E-state index in [1.807, 2.05) is 0 Å². The lowest BCUT2D eigenvalue weighted by Crippen LogP contribution is -1.94. The van der Waals surface area contributed by atoms with Crippen molar-refractivity contribution in [2.24, 2.45) is 0 Å². The Morgan fingerprint density at radius 1 is 0.200 bits per heavy atom. The molecule has 0 radical (unpaired) electrons. The summed E-state index contributed by atoms with van der Waals surface area (Å²) in [5.74, 6) is 0. The van der Waals surface area contributed by atoms with Crippen LogP contribution in [0.1, 0.15) is 0 Å². The van der Waals surface area contributed by atoms with E-state index in [0.29, 0.717) is 0 Å². The van der Waals surface area contributed by atoms with Gasteiger partial charge in [-0.3, -0.25) is 0 Å². The second-order valence-electron chi connectivity index (χ2n) is 13.2. The van der Waals surface area contributed by atoms with E-state index < -0.39 is 0 Å². The van der Waals surface area contributed by atoms with Crippen molar-refractivity contribution in [1.82, 2.24) is 0 Å². The highest BCUT2D eigenvalue weighted by atomic mass is 14.2. The zero-order valence-corrected chi connectivity index (χ0v) is 27.5. The Morgan fingerprint density at radius 3 is 1.20 bits per heavy atom. The zero-order chi connectivity index (χ0) is 33.0. The fourth-order valence-corrected chi connectivity index (χ4v) is 8.33. The molecule has 0 atom stereocenters. The quantitative estimate of drug-likeness (QED) is 0.134. The summed E-state index contributed by atoms with van der Waals surface area (Å²) in [7, 11) is 0. The molecule has 10 rings (SSSR count). The topological polar surface area (TPSA) is 0 Å². The third-order valence-electron chi connectivity index (χ3n) is 10.4. The lowest BCUT2D eigenvalue weighted by Gasteiger charge is -2.21. The van der Waals surface area contributed by atoms with Crippen molar-refractivity contribution in [2.45, 2.75) is 0 Å². The molecule has 0 unspecified atom stereocenters. The normalized spacial score (nSPS) is 11.6. The summed E-state index contributed by atoms with van der Waals surface area (Å²) in [5.41, 5.74) is 10.1. The zero-order valence-electron chi connectivity index (χ0n) is 27.5. The predicted molar refractivity (Wildman–Crippen MR) is 216 cm³/mol. The van der Waals surface area contributed by atoms with E-state index in [-0.39, 0.29) is 0 Å². The van der Waals surface area contributed by atoms with Crippen LogP contribution in [-0.4, -0.2) is 0 Å². The van der Waals surface area contributed by atoms with Gasteiger partial charge in [-0.25, -0.2) is 0 Å². The molecule has 0 aliphatic rings. The van der Waals surface area contributed by atoms with E-state index in [9.17, 15) is 0 Å². The molecule has 10 aromatic rings. The number of fused-ring (bicyclic) bond motifs is 6. The summed E-state index contributed by atoms with van der Waals surface area (Å²) in [6.45, 7) is 0. The van der Waals surface area contributed by atoms with Crippen LogP contribution in [-0.2, 0) is 0 Å². The molecule has 0 aliphatic carbocycles. The molecule has 0 N–H and O–H groups in total. The smallest absolute Gasteiger partial charge is 0.00201 e. The molecular formula is C50H32. The van der Waals surface area contributed by atoms with E-state index in [1.54, 1.807) is 0 Å². The molecule has 0 amide bonds. The van der Waals surface area contributed by atoms with E-state index in [2.05, 4.69) is 194 Å². The molecule has 0 aliphatic heterocycles. The van der Waals surface area contributed by atoms with Gasteiger partial charge in [0.2, 0.25) is 0 Å². The summed E-state index contributed by atoms with van der Waals surface area (Å²) in [4.78, 5) is 0. The second kappa shape index (κ2) is 11.6. The minimum absolute atomic E-state index is 1.23. The molecule has 232 valence electrons. The van der Waals surface area contributed by atoms with Gasteiger partial charge in [-0.1, -0.05) is 188 Å². The van der Waals surface area contributed by atoms with E-state index in [0.717, 1.165) is 0 Å². The van der Waals surface area contributed by atoms with Gasteiger partial charge in [0, 0.05) is 0 Å². The predicted octanol–water partition coefficient (Wildman–Crippen LogP) is 14.1. The maximum Gasteiger partial charge on any atom is -0.00201 e. The third kappa shape index (κ3) is 4.39. The van der Waals surface area contributed by atoms with E-state index in [1.165, 1.54) is 98.4 Å². The van der Waals surface area contributed by atoms with E-state index in [4.69, 9.17) is 0 Å². The highest BCUT2D eigenvalue weighted by molar-refractivity contribution is 6.26. The van der Waals surface area contributed by atoms with Gasteiger partial charge in [0.15, 0.2) is 0 Å².